The van der Waals surface area contributed by atoms with Crippen molar-refractivity contribution in [3.8, 4) is 0 Å². The Balaban J connectivity index is 3.74. The molecule has 5 nitrogen and oxygen atoms in total. The minimum Gasteiger partial charge on any atom is -0.460 e. The van der Waals surface area contributed by atoms with Crippen LogP contribution in [0.3, 0.4) is 0 Å². The Labute approximate surface area is 110 Å². The highest BCUT2D eigenvalue weighted by atomic mass is 16.6. The number of carbonyl (C=O) groups is 2. The van der Waals surface area contributed by atoms with E-state index in [1.807, 2.05) is 34.6 Å². The van der Waals surface area contributed by atoms with Gasteiger partial charge in [0.1, 0.15) is 5.60 Å². The highest BCUT2D eigenvalue weighted by molar-refractivity contribution is 5.78. The van der Waals surface area contributed by atoms with Crippen LogP contribution in [0.25, 0.3) is 0 Å². The smallest absolute Gasteiger partial charge is 0.307 e. The molecule has 1 N–H and O–H groups in total. The molecule has 5 heteroatoms. The van der Waals surface area contributed by atoms with Crippen LogP contribution in [-0.4, -0.2) is 48.6 Å². The molecule has 18 heavy (non-hydrogen) atoms. The summed E-state index contributed by atoms with van der Waals surface area (Å²) in [6.45, 7) is 11.6. The molecule has 0 aromatic heterocycles. The lowest BCUT2D eigenvalue weighted by molar-refractivity contribution is -0.154. The Bertz CT molecular complexity index is 268. The molecule has 0 saturated heterocycles. The number of hydrogen-bond acceptors (Lipinski definition) is 4. The van der Waals surface area contributed by atoms with Gasteiger partial charge in [-0.05, 0) is 34.6 Å². The van der Waals surface area contributed by atoms with Gasteiger partial charge in [-0.1, -0.05) is 0 Å². The Hall–Kier alpha value is -1.10. The van der Waals surface area contributed by atoms with E-state index in [0.29, 0.717) is 19.6 Å². The van der Waals surface area contributed by atoms with Crippen molar-refractivity contribution < 1.29 is 14.3 Å². The molecule has 0 fully saturated rings. The highest BCUT2D eigenvalue weighted by Gasteiger charge is 2.16. The lowest BCUT2D eigenvalue weighted by atomic mass is 10.2. The second-order valence-electron chi connectivity index (χ2n) is 5.08. The first kappa shape index (κ1) is 16.9. The third-order valence-corrected chi connectivity index (χ3v) is 2.32. The summed E-state index contributed by atoms with van der Waals surface area (Å²) in [5.74, 6) is -0.186. The molecule has 0 aliphatic carbocycles. The molecule has 106 valence electrons. The third kappa shape index (κ3) is 8.06. The fraction of sp³-hybridized carbons (Fsp3) is 0.846. The van der Waals surface area contributed by atoms with Crippen LogP contribution < -0.4 is 5.32 Å². The van der Waals surface area contributed by atoms with E-state index in [0.717, 1.165) is 0 Å². The summed E-state index contributed by atoms with van der Waals surface area (Å²) in [7, 11) is 0. The quantitative estimate of drug-likeness (QED) is 0.550. The second kappa shape index (κ2) is 8.08. The lowest BCUT2D eigenvalue weighted by Crippen LogP contribution is -2.38. The number of likely N-dealkylation sites (N-methyl/N-ethyl adjacent to an activating group) is 1. The van der Waals surface area contributed by atoms with Crippen molar-refractivity contribution in [2.24, 2.45) is 0 Å². The van der Waals surface area contributed by atoms with Gasteiger partial charge in [-0.25, -0.2) is 0 Å². The predicted octanol–water partition coefficient (Wildman–Crippen LogP) is 1.18. The molecule has 0 spiro atoms. The number of carbonyl (C=O) groups excluding carboxylic acids is 2. The van der Waals surface area contributed by atoms with Gasteiger partial charge in [0, 0.05) is 19.6 Å². The molecule has 0 aromatic carbocycles. The van der Waals surface area contributed by atoms with E-state index in [4.69, 9.17) is 4.74 Å². The van der Waals surface area contributed by atoms with Gasteiger partial charge in [-0.3, -0.25) is 9.59 Å². The van der Waals surface area contributed by atoms with E-state index in [-0.39, 0.29) is 24.8 Å². The number of ether oxygens (including phenoxy) is 1. The average molecular weight is 258 g/mol. The molecule has 0 unspecified atom stereocenters. The summed E-state index contributed by atoms with van der Waals surface area (Å²) in [5, 5.41) is 2.96. The lowest BCUT2D eigenvalue weighted by Gasteiger charge is -2.20. The van der Waals surface area contributed by atoms with Crippen molar-refractivity contribution >= 4 is 11.9 Å². The molecule has 0 aromatic rings. The number of esters is 1. The van der Waals surface area contributed by atoms with E-state index >= 15 is 0 Å². The standard InChI is InChI=1S/C13H26N2O3/c1-6-15(7-2)11(16)10-14-9-8-12(17)18-13(3,4)5/h14H,6-10H2,1-5H3. The van der Waals surface area contributed by atoms with Gasteiger partial charge in [0.15, 0.2) is 0 Å². The number of amides is 1. The summed E-state index contributed by atoms with van der Waals surface area (Å²) in [6.07, 6.45) is 0.281. The first-order valence-electron chi connectivity index (χ1n) is 6.50. The molecular formula is C13H26N2O3. The monoisotopic (exact) mass is 258 g/mol. The maximum atomic E-state index is 11.6. The van der Waals surface area contributed by atoms with Crippen LogP contribution in [0, 0.1) is 0 Å². The zero-order chi connectivity index (χ0) is 14.2. The second-order valence-corrected chi connectivity index (χ2v) is 5.08. The van der Waals surface area contributed by atoms with Crippen molar-refractivity contribution in [3.63, 3.8) is 0 Å². The summed E-state index contributed by atoms with van der Waals surface area (Å²) in [4.78, 5) is 24.8. The van der Waals surface area contributed by atoms with Crippen LogP contribution in [0.4, 0.5) is 0 Å². The first-order valence-corrected chi connectivity index (χ1v) is 6.50. The van der Waals surface area contributed by atoms with Gasteiger partial charge < -0.3 is 15.0 Å². The van der Waals surface area contributed by atoms with Crippen LogP contribution in [0.1, 0.15) is 41.0 Å². The van der Waals surface area contributed by atoms with E-state index in [9.17, 15) is 9.59 Å². The predicted molar refractivity (Wildman–Crippen MR) is 71.3 cm³/mol. The molecule has 0 atom stereocenters. The van der Waals surface area contributed by atoms with Crippen molar-refractivity contribution in [2.75, 3.05) is 26.2 Å². The Morgan fingerprint density at radius 3 is 2.17 bits per heavy atom. The fourth-order valence-electron chi connectivity index (χ4n) is 1.47. The number of hydrogen-bond donors (Lipinski definition) is 1. The zero-order valence-electron chi connectivity index (χ0n) is 12.2. The molecule has 0 aliphatic rings. The van der Waals surface area contributed by atoms with E-state index in [1.54, 1.807) is 4.90 Å². The maximum Gasteiger partial charge on any atom is 0.307 e. The van der Waals surface area contributed by atoms with E-state index in [2.05, 4.69) is 5.32 Å². The number of rotatable bonds is 7. The summed E-state index contributed by atoms with van der Waals surface area (Å²) in [6, 6.07) is 0. The molecule has 1 amide bonds. The van der Waals surface area contributed by atoms with Crippen LogP contribution in [0.2, 0.25) is 0 Å². The van der Waals surface area contributed by atoms with Crippen molar-refractivity contribution in [3.05, 3.63) is 0 Å². The van der Waals surface area contributed by atoms with Crippen molar-refractivity contribution in [2.45, 2.75) is 46.6 Å². The van der Waals surface area contributed by atoms with Crippen molar-refractivity contribution in [1.82, 2.24) is 10.2 Å². The van der Waals surface area contributed by atoms with Gasteiger partial charge in [0.05, 0.1) is 13.0 Å². The summed E-state index contributed by atoms with van der Waals surface area (Å²) < 4.78 is 5.16. The largest absolute Gasteiger partial charge is 0.460 e. The Morgan fingerprint density at radius 1 is 1.17 bits per heavy atom. The molecule has 0 aliphatic heterocycles. The highest BCUT2D eigenvalue weighted by Crippen LogP contribution is 2.07. The number of nitrogens with one attached hydrogen (secondary N) is 1. The van der Waals surface area contributed by atoms with Crippen LogP contribution in [0.15, 0.2) is 0 Å². The van der Waals surface area contributed by atoms with Gasteiger partial charge in [0.2, 0.25) is 5.91 Å². The zero-order valence-corrected chi connectivity index (χ0v) is 12.2. The molecule has 0 heterocycles. The molecule has 0 radical (unpaired) electrons. The van der Waals surface area contributed by atoms with Gasteiger partial charge in [-0.2, -0.15) is 0 Å². The molecular weight excluding hydrogens is 232 g/mol. The Morgan fingerprint density at radius 2 is 1.72 bits per heavy atom. The van der Waals surface area contributed by atoms with Gasteiger partial charge >= 0.3 is 5.97 Å². The fourth-order valence-corrected chi connectivity index (χ4v) is 1.47. The normalized spacial score (nSPS) is 11.2. The number of nitrogens with zero attached hydrogens (tertiary/aromatic N) is 1. The summed E-state index contributed by atoms with van der Waals surface area (Å²) >= 11 is 0. The first-order chi connectivity index (χ1) is 8.30. The maximum absolute atomic E-state index is 11.6. The SMILES string of the molecule is CCN(CC)C(=O)CNCCC(=O)OC(C)(C)C. The average Bonchev–Trinajstić information content (AvgIpc) is 2.23. The van der Waals surface area contributed by atoms with Crippen LogP contribution >= 0.6 is 0 Å². The van der Waals surface area contributed by atoms with Crippen LogP contribution in [-0.2, 0) is 14.3 Å². The molecule has 0 saturated carbocycles. The topological polar surface area (TPSA) is 58.6 Å². The van der Waals surface area contributed by atoms with Crippen LogP contribution in [0.5, 0.6) is 0 Å². The molecule has 0 rings (SSSR count). The van der Waals surface area contributed by atoms with E-state index < -0.39 is 5.60 Å². The summed E-state index contributed by atoms with van der Waals surface area (Å²) in [5.41, 5.74) is -0.450. The minimum atomic E-state index is -0.450. The van der Waals surface area contributed by atoms with E-state index in [1.165, 1.54) is 0 Å². The minimum absolute atomic E-state index is 0.0594. The van der Waals surface area contributed by atoms with Gasteiger partial charge in [0.25, 0.3) is 0 Å². The third-order valence-electron chi connectivity index (χ3n) is 2.32. The Kier molecular flexibility index (Phi) is 7.59. The van der Waals surface area contributed by atoms with Gasteiger partial charge in [-0.15, -0.1) is 0 Å². The van der Waals surface area contributed by atoms with Crippen molar-refractivity contribution in [1.29, 1.82) is 0 Å². The molecule has 0 bridgehead atoms.